The van der Waals surface area contributed by atoms with Gasteiger partial charge in [-0.2, -0.15) is 0 Å². The molecule has 100 valence electrons. The van der Waals surface area contributed by atoms with Crippen LogP contribution in [-0.2, 0) is 17.8 Å². The van der Waals surface area contributed by atoms with Crippen molar-refractivity contribution in [1.82, 2.24) is 10.5 Å². The Bertz CT molecular complexity index is 568. The summed E-state index contributed by atoms with van der Waals surface area (Å²) >= 11 is 0. The Morgan fingerprint density at radius 3 is 2.63 bits per heavy atom. The van der Waals surface area contributed by atoms with Crippen LogP contribution in [0.3, 0.4) is 0 Å². The third-order valence-electron chi connectivity index (χ3n) is 3.26. The summed E-state index contributed by atoms with van der Waals surface area (Å²) in [5.74, 6) is 0.767. The number of hydrogen-bond acceptors (Lipinski definition) is 3. The maximum atomic E-state index is 11.9. The summed E-state index contributed by atoms with van der Waals surface area (Å²) in [4.78, 5) is 11.9. The van der Waals surface area contributed by atoms with Crippen LogP contribution < -0.4 is 5.32 Å². The molecule has 0 atom stereocenters. The van der Waals surface area contributed by atoms with Crippen molar-refractivity contribution >= 4 is 5.91 Å². The Balaban J connectivity index is 1.94. The van der Waals surface area contributed by atoms with Crippen molar-refractivity contribution in [2.24, 2.45) is 0 Å². The van der Waals surface area contributed by atoms with Crippen LogP contribution in [0.2, 0.25) is 0 Å². The summed E-state index contributed by atoms with van der Waals surface area (Å²) in [5, 5.41) is 6.77. The number of carbonyl (C=O) groups excluding carboxylic acids is 1. The Morgan fingerprint density at radius 1 is 1.26 bits per heavy atom. The summed E-state index contributed by atoms with van der Waals surface area (Å²) in [6.07, 6.45) is 0.399. The molecular formula is C15H18N2O2. The zero-order valence-electron chi connectivity index (χ0n) is 11.5. The minimum absolute atomic E-state index is 0.00861. The van der Waals surface area contributed by atoms with Crippen LogP contribution in [-0.4, -0.2) is 11.1 Å². The summed E-state index contributed by atoms with van der Waals surface area (Å²) in [6.45, 7) is 6.20. The number of amides is 1. The molecule has 4 nitrogen and oxygen atoms in total. The minimum atomic E-state index is 0.00861. The van der Waals surface area contributed by atoms with E-state index in [1.807, 2.05) is 45.0 Å². The van der Waals surface area contributed by atoms with Crippen LogP contribution >= 0.6 is 0 Å². The molecule has 0 spiro atoms. The molecule has 1 N–H and O–H groups in total. The van der Waals surface area contributed by atoms with Gasteiger partial charge >= 0.3 is 0 Å². The minimum Gasteiger partial charge on any atom is -0.361 e. The van der Waals surface area contributed by atoms with Crippen molar-refractivity contribution in [3.63, 3.8) is 0 Å². The predicted molar refractivity (Wildman–Crippen MR) is 72.7 cm³/mol. The highest BCUT2D eigenvalue weighted by Crippen LogP contribution is 2.12. The van der Waals surface area contributed by atoms with E-state index in [-0.39, 0.29) is 5.91 Å². The van der Waals surface area contributed by atoms with Crippen molar-refractivity contribution in [3.05, 3.63) is 52.4 Å². The van der Waals surface area contributed by atoms with E-state index in [4.69, 9.17) is 4.52 Å². The topological polar surface area (TPSA) is 55.1 Å². The lowest BCUT2D eigenvalue weighted by molar-refractivity contribution is -0.120. The van der Waals surface area contributed by atoms with Gasteiger partial charge in [-0.3, -0.25) is 4.79 Å². The van der Waals surface area contributed by atoms with Crippen LogP contribution in [0.25, 0.3) is 0 Å². The molecule has 0 aliphatic rings. The normalized spacial score (nSPS) is 10.5. The Labute approximate surface area is 112 Å². The van der Waals surface area contributed by atoms with Crippen molar-refractivity contribution in [1.29, 1.82) is 0 Å². The molecule has 4 heteroatoms. The van der Waals surface area contributed by atoms with Crippen molar-refractivity contribution < 1.29 is 9.32 Å². The van der Waals surface area contributed by atoms with E-state index in [1.165, 1.54) is 0 Å². The van der Waals surface area contributed by atoms with Crippen LogP contribution in [0, 0.1) is 20.8 Å². The summed E-state index contributed by atoms with van der Waals surface area (Å²) in [7, 11) is 0. The second-order valence-corrected chi connectivity index (χ2v) is 4.68. The van der Waals surface area contributed by atoms with Gasteiger partial charge in [0.05, 0.1) is 12.1 Å². The first-order valence-electron chi connectivity index (χ1n) is 6.31. The average molecular weight is 258 g/mol. The van der Waals surface area contributed by atoms with Crippen molar-refractivity contribution in [2.75, 3.05) is 0 Å². The van der Waals surface area contributed by atoms with Gasteiger partial charge in [0.25, 0.3) is 0 Å². The van der Waals surface area contributed by atoms with E-state index in [2.05, 4.69) is 10.5 Å². The number of nitrogens with one attached hydrogen (secondary N) is 1. The first kappa shape index (κ1) is 13.3. The molecule has 0 unspecified atom stereocenters. The van der Waals surface area contributed by atoms with Gasteiger partial charge in [0.2, 0.25) is 5.91 Å². The van der Waals surface area contributed by atoms with Gasteiger partial charge in [0.15, 0.2) is 0 Å². The van der Waals surface area contributed by atoms with Gasteiger partial charge in [-0.25, -0.2) is 0 Å². The third-order valence-corrected chi connectivity index (χ3v) is 3.26. The molecule has 0 radical (unpaired) electrons. The molecule has 1 amide bonds. The Hall–Kier alpha value is -2.10. The maximum Gasteiger partial charge on any atom is 0.224 e. The van der Waals surface area contributed by atoms with E-state index in [1.54, 1.807) is 0 Å². The summed E-state index contributed by atoms with van der Waals surface area (Å²) in [6, 6.07) is 7.91. The van der Waals surface area contributed by atoms with Gasteiger partial charge in [-0.15, -0.1) is 0 Å². The lowest BCUT2D eigenvalue weighted by Gasteiger charge is -2.07. The van der Waals surface area contributed by atoms with Crippen LogP contribution in [0.4, 0.5) is 0 Å². The molecule has 0 aliphatic heterocycles. The molecule has 2 rings (SSSR count). The molecule has 19 heavy (non-hydrogen) atoms. The lowest BCUT2D eigenvalue weighted by Crippen LogP contribution is -2.25. The van der Waals surface area contributed by atoms with Gasteiger partial charge in [-0.05, 0) is 31.9 Å². The number of hydrogen-bond donors (Lipinski definition) is 1. The molecular weight excluding hydrogens is 240 g/mol. The van der Waals surface area contributed by atoms with E-state index in [0.717, 1.165) is 28.1 Å². The maximum absolute atomic E-state index is 11.9. The number of benzene rings is 1. The first-order chi connectivity index (χ1) is 9.08. The fourth-order valence-electron chi connectivity index (χ4n) is 1.99. The van der Waals surface area contributed by atoms with Crippen molar-refractivity contribution in [2.45, 2.75) is 33.7 Å². The Morgan fingerprint density at radius 2 is 2.00 bits per heavy atom. The molecule has 1 aromatic heterocycles. The van der Waals surface area contributed by atoms with E-state index in [0.29, 0.717) is 13.0 Å². The van der Waals surface area contributed by atoms with E-state index >= 15 is 0 Å². The standard InChI is InChI=1S/C15H18N2O2/c1-10-6-4-5-7-13(10)8-15(18)16-9-14-11(2)17-19-12(14)3/h4-7H,8-9H2,1-3H3,(H,16,18). The fraction of sp³-hybridized carbons (Fsp3) is 0.333. The second-order valence-electron chi connectivity index (χ2n) is 4.68. The fourth-order valence-corrected chi connectivity index (χ4v) is 1.99. The molecule has 0 fully saturated rings. The number of aryl methyl sites for hydroxylation is 3. The lowest BCUT2D eigenvalue weighted by atomic mass is 10.1. The van der Waals surface area contributed by atoms with Crippen LogP contribution in [0.15, 0.2) is 28.8 Å². The largest absolute Gasteiger partial charge is 0.361 e. The SMILES string of the molecule is Cc1ccccc1CC(=O)NCc1c(C)noc1C. The van der Waals surface area contributed by atoms with Gasteiger partial charge < -0.3 is 9.84 Å². The zero-order valence-corrected chi connectivity index (χ0v) is 11.5. The zero-order chi connectivity index (χ0) is 13.8. The summed E-state index contributed by atoms with van der Waals surface area (Å²) in [5.41, 5.74) is 3.97. The van der Waals surface area contributed by atoms with E-state index < -0.39 is 0 Å². The van der Waals surface area contributed by atoms with Gasteiger partial charge in [-0.1, -0.05) is 29.4 Å². The number of carbonyl (C=O) groups is 1. The van der Waals surface area contributed by atoms with E-state index in [9.17, 15) is 4.79 Å². The third kappa shape index (κ3) is 3.22. The summed E-state index contributed by atoms with van der Waals surface area (Å²) < 4.78 is 5.06. The number of rotatable bonds is 4. The quantitative estimate of drug-likeness (QED) is 0.916. The molecule has 0 aliphatic carbocycles. The molecule has 0 saturated heterocycles. The van der Waals surface area contributed by atoms with Crippen molar-refractivity contribution in [3.8, 4) is 0 Å². The van der Waals surface area contributed by atoms with Gasteiger partial charge in [0, 0.05) is 12.1 Å². The molecule has 0 bridgehead atoms. The van der Waals surface area contributed by atoms with Crippen LogP contribution in [0.5, 0.6) is 0 Å². The highest BCUT2D eigenvalue weighted by Gasteiger charge is 2.11. The number of aromatic nitrogens is 1. The average Bonchev–Trinajstić information content (AvgIpc) is 2.70. The number of nitrogens with zero attached hydrogens (tertiary/aromatic N) is 1. The second kappa shape index (κ2) is 5.69. The monoisotopic (exact) mass is 258 g/mol. The molecule has 2 aromatic rings. The van der Waals surface area contributed by atoms with Gasteiger partial charge in [0.1, 0.15) is 5.76 Å². The highest BCUT2D eigenvalue weighted by atomic mass is 16.5. The Kier molecular flexibility index (Phi) is 4.00. The molecule has 1 heterocycles. The molecule has 0 saturated carbocycles. The first-order valence-corrected chi connectivity index (χ1v) is 6.31. The van der Waals surface area contributed by atoms with Crippen LogP contribution in [0.1, 0.15) is 28.1 Å². The molecule has 1 aromatic carbocycles. The highest BCUT2D eigenvalue weighted by molar-refractivity contribution is 5.78. The predicted octanol–water partition coefficient (Wildman–Crippen LogP) is 2.46. The smallest absolute Gasteiger partial charge is 0.224 e.